The topological polar surface area (TPSA) is 113 Å². The first-order valence-electron chi connectivity index (χ1n) is 12.7. The van der Waals surface area contributed by atoms with Crippen LogP contribution in [-0.4, -0.2) is 60.7 Å². The van der Waals surface area contributed by atoms with Gasteiger partial charge in [-0.1, -0.05) is 23.4 Å². The number of halogens is 1. The van der Waals surface area contributed by atoms with Crippen LogP contribution in [0.5, 0.6) is 0 Å². The Balaban J connectivity index is 1.26. The number of H-pyrrole nitrogens is 1. The van der Waals surface area contributed by atoms with E-state index < -0.39 is 11.0 Å². The van der Waals surface area contributed by atoms with Gasteiger partial charge in [0, 0.05) is 23.4 Å². The third-order valence-corrected chi connectivity index (χ3v) is 10.4. The first kappa shape index (κ1) is 27.5. The highest BCUT2D eigenvalue weighted by Gasteiger charge is 2.50. The molecule has 38 heavy (non-hydrogen) atoms. The van der Waals surface area contributed by atoms with Crippen molar-refractivity contribution in [2.24, 2.45) is 5.41 Å². The Hall–Kier alpha value is -2.05. The molecule has 1 spiro atoms. The lowest BCUT2D eigenvalue weighted by Gasteiger charge is -2.43. The smallest absolute Gasteiger partial charge is 0.260 e. The molecule has 0 amide bonds. The van der Waals surface area contributed by atoms with Gasteiger partial charge in [-0.15, -0.1) is 0 Å². The Bertz CT molecular complexity index is 1420. The SMILES string of the molecule is Cc1nc2ccc(Sc3cnc(N4CCC5(CC4)CO[C@@H](C)[C@H]5NS(=O)C(C)(C)C)cn3)c(Cl)c2c(=O)[nH]1. The number of hydrogen-bond acceptors (Lipinski definition) is 8. The largest absolute Gasteiger partial charge is 0.376 e. The normalized spacial score (nSPS) is 22.3. The first-order valence-corrected chi connectivity index (χ1v) is 15.0. The Morgan fingerprint density at radius 3 is 2.63 bits per heavy atom. The van der Waals surface area contributed by atoms with E-state index in [2.05, 4.69) is 36.5 Å². The van der Waals surface area contributed by atoms with Gasteiger partial charge in [0.2, 0.25) is 0 Å². The van der Waals surface area contributed by atoms with E-state index in [4.69, 9.17) is 16.3 Å². The van der Waals surface area contributed by atoms with Crippen LogP contribution in [-0.2, 0) is 15.7 Å². The summed E-state index contributed by atoms with van der Waals surface area (Å²) in [7, 11) is -1.15. The van der Waals surface area contributed by atoms with Crippen LogP contribution in [0.2, 0.25) is 5.02 Å². The van der Waals surface area contributed by atoms with Gasteiger partial charge in [-0.2, -0.15) is 0 Å². The molecular weight excluding hydrogens is 544 g/mol. The zero-order valence-electron chi connectivity index (χ0n) is 22.2. The Morgan fingerprint density at radius 1 is 1.24 bits per heavy atom. The summed E-state index contributed by atoms with van der Waals surface area (Å²) in [4.78, 5) is 31.7. The van der Waals surface area contributed by atoms with Crippen molar-refractivity contribution in [3.05, 3.63) is 45.7 Å². The molecule has 3 aromatic rings. The van der Waals surface area contributed by atoms with Crippen molar-refractivity contribution in [3.63, 3.8) is 0 Å². The van der Waals surface area contributed by atoms with Gasteiger partial charge in [0.1, 0.15) is 16.7 Å². The number of anilines is 1. The molecule has 1 unspecified atom stereocenters. The summed E-state index contributed by atoms with van der Waals surface area (Å²) < 4.78 is 22.0. The molecule has 0 radical (unpaired) electrons. The van der Waals surface area contributed by atoms with Crippen molar-refractivity contribution < 1.29 is 8.95 Å². The van der Waals surface area contributed by atoms with E-state index in [0.29, 0.717) is 33.4 Å². The maximum atomic E-state index is 12.8. The number of benzene rings is 1. The van der Waals surface area contributed by atoms with Crippen LogP contribution in [0.3, 0.4) is 0 Å². The van der Waals surface area contributed by atoms with Crippen LogP contribution in [0.15, 0.2) is 39.2 Å². The third-order valence-electron chi connectivity index (χ3n) is 7.36. The summed E-state index contributed by atoms with van der Waals surface area (Å²) in [6.45, 7) is 12.1. The third kappa shape index (κ3) is 5.36. The van der Waals surface area contributed by atoms with Gasteiger partial charge in [-0.25, -0.2) is 23.9 Å². The maximum absolute atomic E-state index is 12.8. The van der Waals surface area contributed by atoms with Crippen molar-refractivity contribution in [2.75, 3.05) is 24.6 Å². The van der Waals surface area contributed by atoms with Gasteiger partial charge in [-0.05, 0) is 59.6 Å². The summed E-state index contributed by atoms with van der Waals surface area (Å²) in [5, 5.41) is 1.42. The van der Waals surface area contributed by atoms with E-state index in [1.165, 1.54) is 11.8 Å². The van der Waals surface area contributed by atoms with Gasteiger partial charge in [0.25, 0.3) is 5.56 Å². The fourth-order valence-corrected chi connectivity index (χ4v) is 7.29. The zero-order valence-corrected chi connectivity index (χ0v) is 24.6. The predicted octanol–water partition coefficient (Wildman–Crippen LogP) is 4.25. The molecule has 0 saturated carbocycles. The van der Waals surface area contributed by atoms with Crippen LogP contribution >= 0.6 is 23.4 Å². The minimum Gasteiger partial charge on any atom is -0.376 e. The lowest BCUT2D eigenvalue weighted by atomic mass is 9.73. The van der Waals surface area contributed by atoms with Crippen molar-refractivity contribution in [1.82, 2.24) is 24.7 Å². The number of nitrogens with one attached hydrogen (secondary N) is 2. The minimum absolute atomic E-state index is 0.0151. The van der Waals surface area contributed by atoms with E-state index in [1.54, 1.807) is 25.4 Å². The van der Waals surface area contributed by atoms with Crippen molar-refractivity contribution in [1.29, 1.82) is 0 Å². The van der Waals surface area contributed by atoms with Gasteiger partial charge in [-0.3, -0.25) is 4.79 Å². The average Bonchev–Trinajstić information content (AvgIpc) is 3.15. The number of ether oxygens (including phenoxy) is 1. The van der Waals surface area contributed by atoms with Gasteiger partial charge < -0.3 is 14.6 Å². The Morgan fingerprint density at radius 2 is 1.97 bits per heavy atom. The molecule has 2 fully saturated rings. The molecule has 1 aromatic carbocycles. The molecule has 12 heteroatoms. The second-order valence-corrected chi connectivity index (χ2v) is 14.5. The van der Waals surface area contributed by atoms with E-state index in [9.17, 15) is 9.00 Å². The van der Waals surface area contributed by atoms with Gasteiger partial charge >= 0.3 is 0 Å². The summed E-state index contributed by atoms with van der Waals surface area (Å²) in [6, 6.07) is 3.69. The molecule has 2 aliphatic rings. The first-order chi connectivity index (χ1) is 18.0. The molecule has 0 aliphatic carbocycles. The van der Waals surface area contributed by atoms with Gasteiger partial charge in [0.05, 0.1) is 62.8 Å². The fraction of sp³-hybridized carbons (Fsp3) is 0.538. The van der Waals surface area contributed by atoms with Crippen LogP contribution in [0, 0.1) is 12.3 Å². The number of piperidine rings is 1. The van der Waals surface area contributed by atoms with Crippen LogP contribution < -0.4 is 15.2 Å². The highest BCUT2D eigenvalue weighted by Crippen LogP contribution is 2.43. The molecule has 2 aliphatic heterocycles. The second kappa shape index (κ2) is 10.5. The lowest BCUT2D eigenvalue weighted by Crippen LogP contribution is -2.55. The molecule has 9 nitrogen and oxygen atoms in total. The predicted molar refractivity (Wildman–Crippen MR) is 152 cm³/mol. The number of rotatable bonds is 5. The lowest BCUT2D eigenvalue weighted by molar-refractivity contribution is 0.0973. The number of aryl methyl sites for hydroxylation is 1. The second-order valence-electron chi connectivity index (χ2n) is 11.1. The van der Waals surface area contributed by atoms with Crippen LogP contribution in [0.1, 0.15) is 46.4 Å². The minimum atomic E-state index is -1.15. The molecule has 2 N–H and O–H groups in total. The maximum Gasteiger partial charge on any atom is 0.260 e. The van der Waals surface area contributed by atoms with E-state index in [0.717, 1.165) is 36.6 Å². The van der Waals surface area contributed by atoms with Crippen LogP contribution in [0.25, 0.3) is 10.9 Å². The van der Waals surface area contributed by atoms with Gasteiger partial charge in [0.15, 0.2) is 0 Å². The summed E-state index contributed by atoms with van der Waals surface area (Å²) in [5.74, 6) is 1.37. The van der Waals surface area contributed by atoms with Crippen molar-refractivity contribution in [2.45, 2.75) is 74.3 Å². The Labute approximate surface area is 234 Å². The molecule has 2 aromatic heterocycles. The summed E-state index contributed by atoms with van der Waals surface area (Å²) in [6.07, 6.45) is 5.37. The number of hydrogen-bond donors (Lipinski definition) is 2. The number of fused-ring (bicyclic) bond motifs is 1. The highest BCUT2D eigenvalue weighted by molar-refractivity contribution is 7.99. The molecule has 3 atom stereocenters. The zero-order chi connectivity index (χ0) is 27.2. The van der Waals surface area contributed by atoms with Crippen molar-refractivity contribution in [3.8, 4) is 0 Å². The van der Waals surface area contributed by atoms with E-state index >= 15 is 0 Å². The molecule has 204 valence electrons. The van der Waals surface area contributed by atoms with E-state index in [-0.39, 0.29) is 27.9 Å². The molecule has 2 saturated heterocycles. The number of aromatic nitrogens is 4. The quantitative estimate of drug-likeness (QED) is 0.463. The van der Waals surface area contributed by atoms with Crippen LogP contribution in [0.4, 0.5) is 5.82 Å². The molecule has 5 rings (SSSR count). The average molecular weight is 577 g/mol. The summed E-state index contributed by atoms with van der Waals surface area (Å²) >= 11 is 7.93. The standard InChI is InChI=1S/C26H33ClN6O3S2/c1-15-23(32-38(35)25(3,4)5)26(14-36-15)8-10-33(11-9-26)19-12-29-20(13-28-19)37-18-7-6-17-21(22(18)27)24(34)31-16(2)30-17/h6-7,12-13,15,23,32H,8-11,14H2,1-5H3,(H,30,31,34)/t15-,23+,38?/m0/s1. The molecular formula is C26H33ClN6O3S2. The number of nitrogens with zero attached hydrogens (tertiary/aromatic N) is 4. The monoisotopic (exact) mass is 576 g/mol. The number of aromatic amines is 1. The van der Waals surface area contributed by atoms with Crippen molar-refractivity contribution >= 4 is 51.1 Å². The fourth-order valence-electron chi connectivity index (χ4n) is 5.14. The Kier molecular flexibility index (Phi) is 7.60. The van der Waals surface area contributed by atoms with E-state index in [1.807, 2.05) is 26.8 Å². The molecule has 4 heterocycles. The highest BCUT2D eigenvalue weighted by atomic mass is 35.5. The molecule has 0 bridgehead atoms. The summed E-state index contributed by atoms with van der Waals surface area (Å²) in [5.41, 5.74) is 0.264.